The Labute approximate surface area is 361 Å². The first-order chi connectivity index (χ1) is 28.3. The maximum atomic E-state index is 12.6. The molecular weight excluding hydrogens is 723 g/mol. The van der Waals surface area contributed by atoms with Crippen molar-refractivity contribution in [3.63, 3.8) is 0 Å². The SMILES string of the molecule is CCCCCC(CCCCC)CC(=O)OCCCCCCCCC1(CCCCCCCCOC(=O)CC(CCCCC)CCCCC)OCC(CCN(CC)CC)O1. The lowest BCUT2D eigenvalue weighted by Crippen LogP contribution is -2.32. The third-order valence-electron chi connectivity index (χ3n) is 12.8. The van der Waals surface area contributed by atoms with Gasteiger partial charge in [-0.15, -0.1) is 0 Å². The van der Waals surface area contributed by atoms with Gasteiger partial charge in [0, 0.05) is 32.2 Å². The van der Waals surface area contributed by atoms with E-state index >= 15 is 0 Å². The van der Waals surface area contributed by atoms with Crippen molar-refractivity contribution < 1.29 is 28.5 Å². The Kier molecular flexibility index (Phi) is 36.6. The van der Waals surface area contributed by atoms with E-state index < -0.39 is 5.79 Å². The lowest BCUT2D eigenvalue weighted by Gasteiger charge is -2.29. The topological polar surface area (TPSA) is 74.3 Å². The molecule has 0 saturated carbocycles. The normalized spacial score (nSPS) is 15.3. The molecule has 0 spiro atoms. The van der Waals surface area contributed by atoms with Crippen LogP contribution in [0, 0.1) is 11.8 Å². The summed E-state index contributed by atoms with van der Waals surface area (Å²) >= 11 is 0. The van der Waals surface area contributed by atoms with Crippen LogP contribution in [0.4, 0.5) is 0 Å². The smallest absolute Gasteiger partial charge is 0.306 e. The Bertz CT molecular complexity index is 849. The largest absolute Gasteiger partial charge is 0.466 e. The second-order valence-electron chi connectivity index (χ2n) is 18.1. The molecule has 0 aromatic rings. The molecule has 0 radical (unpaired) electrons. The third-order valence-corrected chi connectivity index (χ3v) is 12.8. The zero-order valence-electron chi connectivity index (χ0n) is 39.7. The van der Waals surface area contributed by atoms with Crippen LogP contribution in [-0.4, -0.2) is 68.2 Å². The molecule has 0 amide bonds. The summed E-state index contributed by atoms with van der Waals surface area (Å²) in [6.07, 6.45) is 37.6. The van der Waals surface area contributed by atoms with E-state index in [1.807, 2.05) is 0 Å². The lowest BCUT2D eigenvalue weighted by molar-refractivity contribution is -0.180. The summed E-state index contributed by atoms with van der Waals surface area (Å²) in [5.74, 6) is 0.602. The predicted molar refractivity (Wildman–Crippen MR) is 245 cm³/mol. The van der Waals surface area contributed by atoms with E-state index in [-0.39, 0.29) is 18.0 Å². The van der Waals surface area contributed by atoms with E-state index in [9.17, 15) is 9.59 Å². The quantitative estimate of drug-likeness (QED) is 0.0448. The molecule has 1 rings (SSSR count). The van der Waals surface area contributed by atoms with Gasteiger partial charge < -0.3 is 23.8 Å². The Hall–Kier alpha value is -1.18. The second kappa shape index (κ2) is 38.7. The highest BCUT2D eigenvalue weighted by Gasteiger charge is 2.40. The van der Waals surface area contributed by atoms with Crippen LogP contribution in [0.25, 0.3) is 0 Å². The number of hydrogen-bond acceptors (Lipinski definition) is 7. The number of hydrogen-bond donors (Lipinski definition) is 0. The van der Waals surface area contributed by atoms with Crippen molar-refractivity contribution >= 4 is 11.9 Å². The summed E-state index contributed by atoms with van der Waals surface area (Å²) in [6.45, 7) is 18.5. The van der Waals surface area contributed by atoms with Crippen LogP contribution in [0.2, 0.25) is 0 Å². The molecule has 0 aromatic carbocycles. The van der Waals surface area contributed by atoms with E-state index in [0.29, 0.717) is 37.9 Å². The van der Waals surface area contributed by atoms with Crippen LogP contribution < -0.4 is 0 Å². The van der Waals surface area contributed by atoms with Crippen molar-refractivity contribution in [3.05, 3.63) is 0 Å². The molecule has 1 saturated heterocycles. The van der Waals surface area contributed by atoms with Gasteiger partial charge in [-0.25, -0.2) is 0 Å². The molecule has 58 heavy (non-hydrogen) atoms. The summed E-state index contributed by atoms with van der Waals surface area (Å²) in [4.78, 5) is 27.6. The van der Waals surface area contributed by atoms with Crippen molar-refractivity contribution in [2.45, 2.75) is 265 Å². The number of carbonyl (C=O) groups is 2. The molecule has 1 atom stereocenters. The predicted octanol–water partition coefficient (Wildman–Crippen LogP) is 14.7. The number of rotatable bonds is 43. The molecule has 1 aliphatic heterocycles. The third kappa shape index (κ3) is 29.9. The molecule has 344 valence electrons. The highest BCUT2D eigenvalue weighted by Crippen LogP contribution is 2.36. The van der Waals surface area contributed by atoms with Crippen LogP contribution in [0.5, 0.6) is 0 Å². The first-order valence-electron chi connectivity index (χ1n) is 25.7. The zero-order chi connectivity index (χ0) is 42.4. The molecule has 1 unspecified atom stereocenters. The first kappa shape index (κ1) is 54.8. The maximum Gasteiger partial charge on any atom is 0.306 e. The van der Waals surface area contributed by atoms with Crippen LogP contribution >= 0.6 is 0 Å². The Morgan fingerprint density at radius 2 is 0.914 bits per heavy atom. The molecule has 7 nitrogen and oxygen atoms in total. The average Bonchev–Trinajstić information content (AvgIpc) is 3.62. The zero-order valence-corrected chi connectivity index (χ0v) is 39.7. The molecule has 0 bridgehead atoms. The van der Waals surface area contributed by atoms with E-state index in [4.69, 9.17) is 18.9 Å². The Balaban J connectivity index is 2.35. The standard InChI is InChI=1S/C51H99NO6/c1-7-13-25-33-46(34-26-14-8-2)43-49(53)55-41-31-23-19-17-21-29-38-51(57-45-48(58-51)37-40-52(11-5)12-6)39-30-22-18-20-24-32-42-56-50(54)44-47(35-27-15-9-3)36-28-16-10-4/h46-48H,7-45H2,1-6H3. The average molecular weight is 822 g/mol. The van der Waals surface area contributed by atoms with Gasteiger partial charge >= 0.3 is 11.9 Å². The second-order valence-corrected chi connectivity index (χ2v) is 18.1. The number of nitrogens with zero attached hydrogens (tertiary/aromatic N) is 1. The summed E-state index contributed by atoms with van der Waals surface area (Å²) in [7, 11) is 0. The highest BCUT2D eigenvalue weighted by atomic mass is 16.7. The van der Waals surface area contributed by atoms with E-state index in [2.05, 4.69) is 46.4 Å². The molecule has 0 N–H and O–H groups in total. The summed E-state index contributed by atoms with van der Waals surface area (Å²) in [5.41, 5.74) is 0. The van der Waals surface area contributed by atoms with E-state index in [0.717, 1.165) is 84.0 Å². The highest BCUT2D eigenvalue weighted by molar-refractivity contribution is 5.70. The van der Waals surface area contributed by atoms with Crippen LogP contribution in [-0.2, 0) is 28.5 Å². The van der Waals surface area contributed by atoms with E-state index in [1.54, 1.807) is 0 Å². The van der Waals surface area contributed by atoms with Gasteiger partial charge in [-0.05, 0) is 82.7 Å². The van der Waals surface area contributed by atoms with Crippen LogP contribution in [0.3, 0.4) is 0 Å². The minimum Gasteiger partial charge on any atom is -0.466 e. The van der Waals surface area contributed by atoms with Gasteiger partial charge in [0.2, 0.25) is 0 Å². The fraction of sp³-hybridized carbons (Fsp3) is 0.961. The van der Waals surface area contributed by atoms with Crippen LogP contribution in [0.15, 0.2) is 0 Å². The molecule has 1 aliphatic rings. The van der Waals surface area contributed by atoms with Crippen molar-refractivity contribution in [1.29, 1.82) is 0 Å². The number of esters is 2. The first-order valence-corrected chi connectivity index (χ1v) is 25.7. The maximum absolute atomic E-state index is 12.6. The molecule has 0 aliphatic carbocycles. The van der Waals surface area contributed by atoms with E-state index in [1.165, 1.54) is 141 Å². The van der Waals surface area contributed by atoms with Gasteiger partial charge in [-0.1, -0.05) is 170 Å². The molecular formula is C51H99NO6. The lowest BCUT2D eigenvalue weighted by atomic mass is 9.92. The fourth-order valence-electron chi connectivity index (χ4n) is 8.81. The van der Waals surface area contributed by atoms with Crippen molar-refractivity contribution in [3.8, 4) is 0 Å². The minimum atomic E-state index is -0.424. The minimum absolute atomic E-state index is 0.0163. The number of ether oxygens (including phenoxy) is 4. The fourth-order valence-corrected chi connectivity index (χ4v) is 8.81. The monoisotopic (exact) mass is 822 g/mol. The summed E-state index contributed by atoms with van der Waals surface area (Å²) < 4.78 is 24.7. The molecule has 1 heterocycles. The van der Waals surface area contributed by atoms with Crippen LogP contribution in [0.1, 0.15) is 253 Å². The Morgan fingerprint density at radius 3 is 1.29 bits per heavy atom. The number of carbonyl (C=O) groups excluding carboxylic acids is 2. The molecule has 0 aromatic heterocycles. The van der Waals surface area contributed by atoms with Crippen molar-refractivity contribution in [1.82, 2.24) is 4.90 Å². The molecule has 1 fully saturated rings. The van der Waals surface area contributed by atoms with Gasteiger partial charge in [0.25, 0.3) is 0 Å². The number of unbranched alkanes of at least 4 members (excludes halogenated alkanes) is 18. The van der Waals surface area contributed by atoms with Gasteiger partial charge in [-0.3, -0.25) is 9.59 Å². The van der Waals surface area contributed by atoms with Gasteiger partial charge in [0.05, 0.1) is 25.9 Å². The summed E-state index contributed by atoms with van der Waals surface area (Å²) in [6, 6.07) is 0. The van der Waals surface area contributed by atoms with Gasteiger partial charge in [0.15, 0.2) is 5.79 Å². The molecule has 7 heteroatoms. The Morgan fingerprint density at radius 1 is 0.534 bits per heavy atom. The van der Waals surface area contributed by atoms with Crippen molar-refractivity contribution in [2.75, 3.05) is 39.5 Å². The summed E-state index contributed by atoms with van der Waals surface area (Å²) in [5, 5.41) is 0. The van der Waals surface area contributed by atoms with Gasteiger partial charge in [-0.2, -0.15) is 0 Å². The van der Waals surface area contributed by atoms with Gasteiger partial charge in [0.1, 0.15) is 0 Å². The van der Waals surface area contributed by atoms with Crippen molar-refractivity contribution in [2.24, 2.45) is 11.8 Å².